The number of ether oxygens (including phenoxy) is 1. The number of halogens is 1. The van der Waals surface area contributed by atoms with Crippen molar-refractivity contribution in [2.24, 2.45) is 0 Å². The smallest absolute Gasteiger partial charge is 0.253 e. The normalized spacial score (nSPS) is 14.7. The molecule has 1 fully saturated rings. The molecular weight excluding hydrogens is 397 g/mol. The molecule has 0 bridgehead atoms. The van der Waals surface area contributed by atoms with Crippen LogP contribution in [0.4, 0.5) is 4.39 Å². The Balaban J connectivity index is 1.27. The SMILES string of the molecule is O=C(c1cccc(Oc2ccccn2)c1)N1CCC(c2noc3ccc(F)cc23)CC1. The summed E-state index contributed by atoms with van der Waals surface area (Å²) in [7, 11) is 0. The number of fused-ring (bicyclic) bond motifs is 1. The molecule has 4 aromatic rings. The van der Waals surface area contributed by atoms with Crippen LogP contribution < -0.4 is 4.74 Å². The third-order valence-corrected chi connectivity index (χ3v) is 5.57. The standard InChI is InChI=1S/C24H20FN3O3/c25-18-7-8-21-20(15-18)23(27-31-21)16-9-12-28(13-10-16)24(29)17-4-3-5-19(14-17)30-22-6-1-2-11-26-22/h1-8,11,14-16H,9-10,12-13H2. The predicted octanol–water partition coefficient (Wildman–Crippen LogP) is 5.17. The van der Waals surface area contributed by atoms with Gasteiger partial charge in [0.15, 0.2) is 5.58 Å². The van der Waals surface area contributed by atoms with E-state index in [1.54, 1.807) is 42.6 Å². The van der Waals surface area contributed by atoms with Crippen LogP contribution in [0.2, 0.25) is 0 Å². The number of piperidine rings is 1. The Bertz CT molecular complexity index is 1220. The molecule has 3 heterocycles. The minimum absolute atomic E-state index is 0.0408. The monoisotopic (exact) mass is 417 g/mol. The summed E-state index contributed by atoms with van der Waals surface area (Å²) in [6, 6.07) is 17.0. The Morgan fingerprint density at radius 2 is 1.94 bits per heavy atom. The molecule has 7 heteroatoms. The van der Waals surface area contributed by atoms with E-state index in [0.717, 1.165) is 18.5 Å². The van der Waals surface area contributed by atoms with Gasteiger partial charge in [0.2, 0.25) is 5.88 Å². The van der Waals surface area contributed by atoms with Gasteiger partial charge in [-0.05, 0) is 55.3 Å². The molecule has 1 amide bonds. The van der Waals surface area contributed by atoms with Crippen LogP contribution in [0.15, 0.2) is 71.4 Å². The van der Waals surface area contributed by atoms with Crippen LogP contribution in [0, 0.1) is 5.82 Å². The fraction of sp³-hybridized carbons (Fsp3) is 0.208. The Hall–Kier alpha value is -3.74. The quantitative estimate of drug-likeness (QED) is 0.458. The van der Waals surface area contributed by atoms with Gasteiger partial charge in [-0.25, -0.2) is 9.37 Å². The molecule has 0 spiro atoms. The molecule has 0 aliphatic carbocycles. The molecule has 0 N–H and O–H groups in total. The van der Waals surface area contributed by atoms with Crippen molar-refractivity contribution < 1.29 is 18.4 Å². The van der Waals surface area contributed by atoms with Gasteiger partial charge in [-0.15, -0.1) is 0 Å². The molecule has 1 saturated heterocycles. The lowest BCUT2D eigenvalue weighted by Crippen LogP contribution is -2.38. The maximum atomic E-state index is 13.7. The van der Waals surface area contributed by atoms with E-state index >= 15 is 0 Å². The lowest BCUT2D eigenvalue weighted by atomic mass is 9.91. The Labute approximate surface area is 178 Å². The summed E-state index contributed by atoms with van der Waals surface area (Å²) >= 11 is 0. The number of carbonyl (C=O) groups excluding carboxylic acids is 1. The van der Waals surface area contributed by atoms with Crippen LogP contribution in [-0.2, 0) is 0 Å². The van der Waals surface area contributed by atoms with Crippen LogP contribution in [0.5, 0.6) is 11.6 Å². The molecule has 0 unspecified atom stereocenters. The highest BCUT2D eigenvalue weighted by atomic mass is 19.1. The average molecular weight is 417 g/mol. The van der Waals surface area contributed by atoms with Crippen LogP contribution in [0.25, 0.3) is 11.0 Å². The van der Waals surface area contributed by atoms with Crippen molar-refractivity contribution in [1.82, 2.24) is 15.0 Å². The number of pyridine rings is 1. The van der Waals surface area contributed by atoms with Crippen molar-refractivity contribution in [1.29, 1.82) is 0 Å². The number of rotatable bonds is 4. The van der Waals surface area contributed by atoms with E-state index in [2.05, 4.69) is 10.1 Å². The van der Waals surface area contributed by atoms with E-state index in [-0.39, 0.29) is 17.6 Å². The number of hydrogen-bond acceptors (Lipinski definition) is 5. The summed E-state index contributed by atoms with van der Waals surface area (Å²) in [6.07, 6.45) is 3.14. The zero-order valence-electron chi connectivity index (χ0n) is 16.7. The van der Waals surface area contributed by atoms with E-state index in [9.17, 15) is 9.18 Å². The summed E-state index contributed by atoms with van der Waals surface area (Å²) in [5, 5.41) is 4.88. The zero-order chi connectivity index (χ0) is 21.2. The second-order valence-electron chi connectivity index (χ2n) is 7.57. The molecule has 0 saturated carbocycles. The van der Waals surface area contributed by atoms with Gasteiger partial charge < -0.3 is 14.2 Å². The number of hydrogen-bond donors (Lipinski definition) is 0. The first-order valence-corrected chi connectivity index (χ1v) is 10.2. The molecule has 31 heavy (non-hydrogen) atoms. The number of benzene rings is 2. The lowest BCUT2D eigenvalue weighted by Gasteiger charge is -2.31. The molecule has 156 valence electrons. The third-order valence-electron chi connectivity index (χ3n) is 5.57. The second kappa shape index (κ2) is 8.18. The number of nitrogens with zero attached hydrogens (tertiary/aromatic N) is 3. The first-order valence-electron chi connectivity index (χ1n) is 10.2. The van der Waals surface area contributed by atoms with E-state index in [1.165, 1.54) is 12.1 Å². The van der Waals surface area contributed by atoms with Gasteiger partial charge in [0, 0.05) is 42.2 Å². The second-order valence-corrected chi connectivity index (χ2v) is 7.57. The largest absolute Gasteiger partial charge is 0.439 e. The molecule has 1 aliphatic rings. The summed E-state index contributed by atoms with van der Waals surface area (Å²) < 4.78 is 24.7. The minimum atomic E-state index is -0.308. The fourth-order valence-corrected chi connectivity index (χ4v) is 3.98. The maximum Gasteiger partial charge on any atom is 0.253 e. The van der Waals surface area contributed by atoms with Gasteiger partial charge in [-0.1, -0.05) is 17.3 Å². The van der Waals surface area contributed by atoms with Crippen molar-refractivity contribution >= 4 is 16.9 Å². The first-order chi connectivity index (χ1) is 15.2. The predicted molar refractivity (Wildman–Crippen MR) is 113 cm³/mol. The van der Waals surface area contributed by atoms with Crippen molar-refractivity contribution in [3.63, 3.8) is 0 Å². The highest BCUT2D eigenvalue weighted by Crippen LogP contribution is 2.33. The van der Waals surface area contributed by atoms with Crippen molar-refractivity contribution in [2.75, 3.05) is 13.1 Å². The molecule has 5 rings (SSSR count). The van der Waals surface area contributed by atoms with Crippen LogP contribution >= 0.6 is 0 Å². The maximum absolute atomic E-state index is 13.7. The van der Waals surface area contributed by atoms with Gasteiger partial charge >= 0.3 is 0 Å². The number of likely N-dealkylation sites (tertiary alicyclic amines) is 1. The summed E-state index contributed by atoms with van der Waals surface area (Å²) in [5.41, 5.74) is 1.92. The lowest BCUT2D eigenvalue weighted by molar-refractivity contribution is 0.0711. The Kier molecular flexibility index (Phi) is 5.08. The minimum Gasteiger partial charge on any atom is -0.439 e. The topological polar surface area (TPSA) is 68.5 Å². The van der Waals surface area contributed by atoms with Crippen molar-refractivity contribution in [2.45, 2.75) is 18.8 Å². The van der Waals surface area contributed by atoms with E-state index < -0.39 is 0 Å². The van der Waals surface area contributed by atoms with Crippen LogP contribution in [-0.4, -0.2) is 34.0 Å². The van der Waals surface area contributed by atoms with Crippen LogP contribution in [0.3, 0.4) is 0 Å². The summed E-state index contributed by atoms with van der Waals surface area (Å²) in [4.78, 5) is 19.0. The summed E-state index contributed by atoms with van der Waals surface area (Å²) in [6.45, 7) is 1.19. The highest BCUT2D eigenvalue weighted by molar-refractivity contribution is 5.94. The molecule has 0 atom stereocenters. The van der Waals surface area contributed by atoms with Gasteiger partial charge in [0.1, 0.15) is 11.6 Å². The van der Waals surface area contributed by atoms with E-state index in [1.807, 2.05) is 17.0 Å². The molecule has 2 aromatic carbocycles. The molecule has 1 aliphatic heterocycles. The highest BCUT2D eigenvalue weighted by Gasteiger charge is 2.28. The molecule has 0 radical (unpaired) electrons. The van der Waals surface area contributed by atoms with Gasteiger partial charge in [0.05, 0.1) is 5.69 Å². The van der Waals surface area contributed by atoms with E-state index in [0.29, 0.717) is 41.3 Å². The molecule has 6 nitrogen and oxygen atoms in total. The van der Waals surface area contributed by atoms with Gasteiger partial charge in [-0.3, -0.25) is 4.79 Å². The first kappa shape index (κ1) is 19.2. The molecule has 2 aromatic heterocycles. The number of carbonyl (C=O) groups is 1. The Morgan fingerprint density at radius 3 is 2.74 bits per heavy atom. The molecular formula is C24H20FN3O3. The van der Waals surface area contributed by atoms with Crippen LogP contribution in [0.1, 0.15) is 34.8 Å². The third kappa shape index (κ3) is 3.99. The van der Waals surface area contributed by atoms with E-state index in [4.69, 9.17) is 9.26 Å². The fourth-order valence-electron chi connectivity index (χ4n) is 3.98. The Morgan fingerprint density at radius 1 is 1.06 bits per heavy atom. The number of amides is 1. The van der Waals surface area contributed by atoms with Gasteiger partial charge in [-0.2, -0.15) is 0 Å². The van der Waals surface area contributed by atoms with Crippen molar-refractivity contribution in [3.05, 3.63) is 83.9 Å². The zero-order valence-corrected chi connectivity index (χ0v) is 16.7. The average Bonchev–Trinajstić information content (AvgIpc) is 3.22. The summed E-state index contributed by atoms with van der Waals surface area (Å²) in [5.74, 6) is 0.823. The number of aromatic nitrogens is 2. The van der Waals surface area contributed by atoms with Crippen molar-refractivity contribution in [3.8, 4) is 11.6 Å². The van der Waals surface area contributed by atoms with Gasteiger partial charge in [0.25, 0.3) is 5.91 Å².